The molecule has 0 fully saturated rings. The number of halogens is 1. The highest BCUT2D eigenvalue weighted by molar-refractivity contribution is 6.31. The average molecular weight is 291 g/mol. The molecular formula is C15H19ClN4. The molecule has 5 heteroatoms. The SMILES string of the molecule is CCCNc1cncc(N(C)Cc2ccccc2Cl)n1. The summed E-state index contributed by atoms with van der Waals surface area (Å²) < 4.78 is 0. The van der Waals surface area contributed by atoms with Crippen molar-refractivity contribution in [2.24, 2.45) is 0 Å². The van der Waals surface area contributed by atoms with Crippen molar-refractivity contribution in [3.8, 4) is 0 Å². The average Bonchev–Trinajstić information content (AvgIpc) is 2.48. The summed E-state index contributed by atoms with van der Waals surface area (Å²) in [5.41, 5.74) is 1.07. The molecule has 106 valence electrons. The number of nitrogens with one attached hydrogen (secondary N) is 1. The van der Waals surface area contributed by atoms with Crippen LogP contribution in [-0.2, 0) is 6.54 Å². The van der Waals surface area contributed by atoms with E-state index in [1.807, 2.05) is 36.2 Å². The molecule has 20 heavy (non-hydrogen) atoms. The van der Waals surface area contributed by atoms with Crippen LogP contribution >= 0.6 is 11.6 Å². The summed E-state index contributed by atoms with van der Waals surface area (Å²) in [5.74, 6) is 1.63. The number of anilines is 2. The maximum atomic E-state index is 6.18. The quantitative estimate of drug-likeness (QED) is 0.883. The Morgan fingerprint density at radius 3 is 2.80 bits per heavy atom. The number of hydrogen-bond donors (Lipinski definition) is 1. The van der Waals surface area contributed by atoms with Crippen molar-refractivity contribution in [1.29, 1.82) is 0 Å². The van der Waals surface area contributed by atoms with Gasteiger partial charge >= 0.3 is 0 Å². The van der Waals surface area contributed by atoms with Crippen LogP contribution in [0, 0.1) is 0 Å². The minimum absolute atomic E-state index is 0.700. The molecule has 0 atom stereocenters. The highest BCUT2D eigenvalue weighted by Gasteiger charge is 2.07. The number of rotatable bonds is 6. The van der Waals surface area contributed by atoms with Gasteiger partial charge in [-0.1, -0.05) is 36.7 Å². The zero-order chi connectivity index (χ0) is 14.4. The lowest BCUT2D eigenvalue weighted by Crippen LogP contribution is -2.18. The first-order valence-corrected chi connectivity index (χ1v) is 7.09. The van der Waals surface area contributed by atoms with Crippen LogP contribution in [0.2, 0.25) is 5.02 Å². The maximum absolute atomic E-state index is 6.18. The normalized spacial score (nSPS) is 10.3. The lowest BCUT2D eigenvalue weighted by Gasteiger charge is -2.19. The van der Waals surface area contributed by atoms with E-state index in [0.717, 1.165) is 35.2 Å². The topological polar surface area (TPSA) is 41.1 Å². The van der Waals surface area contributed by atoms with Crippen LogP contribution in [0.5, 0.6) is 0 Å². The number of benzene rings is 1. The van der Waals surface area contributed by atoms with Gasteiger partial charge in [0, 0.05) is 25.2 Å². The van der Waals surface area contributed by atoms with E-state index in [4.69, 9.17) is 11.6 Å². The Balaban J connectivity index is 2.09. The summed E-state index contributed by atoms with van der Waals surface area (Å²) in [4.78, 5) is 10.8. The van der Waals surface area contributed by atoms with Crippen LogP contribution in [0.1, 0.15) is 18.9 Å². The summed E-state index contributed by atoms with van der Waals surface area (Å²) in [6.07, 6.45) is 4.55. The van der Waals surface area contributed by atoms with Gasteiger partial charge in [0.05, 0.1) is 12.4 Å². The lowest BCUT2D eigenvalue weighted by atomic mass is 10.2. The zero-order valence-corrected chi connectivity index (χ0v) is 12.6. The Morgan fingerprint density at radius 2 is 2.05 bits per heavy atom. The predicted octanol–water partition coefficient (Wildman–Crippen LogP) is 3.59. The first kappa shape index (κ1) is 14.6. The standard InChI is InChI=1S/C15H19ClN4/c1-3-8-18-14-9-17-10-15(19-14)20(2)11-12-6-4-5-7-13(12)16/h4-7,9-10H,3,8,11H2,1-2H3,(H,18,19). The summed E-state index contributed by atoms with van der Waals surface area (Å²) >= 11 is 6.18. The first-order valence-electron chi connectivity index (χ1n) is 6.71. The van der Waals surface area contributed by atoms with Gasteiger partial charge in [-0.05, 0) is 18.1 Å². The second-order valence-electron chi connectivity index (χ2n) is 4.64. The molecule has 0 amide bonds. The third-order valence-corrected chi connectivity index (χ3v) is 3.30. The molecule has 1 N–H and O–H groups in total. The summed E-state index contributed by atoms with van der Waals surface area (Å²) in [6, 6.07) is 7.84. The van der Waals surface area contributed by atoms with Gasteiger partial charge in [0.15, 0.2) is 0 Å². The molecule has 2 aromatic rings. The van der Waals surface area contributed by atoms with Crippen molar-refractivity contribution < 1.29 is 0 Å². The zero-order valence-electron chi connectivity index (χ0n) is 11.8. The van der Waals surface area contributed by atoms with E-state index in [1.165, 1.54) is 0 Å². The molecule has 1 heterocycles. The van der Waals surface area contributed by atoms with Gasteiger partial charge in [0.1, 0.15) is 11.6 Å². The molecule has 0 unspecified atom stereocenters. The Bertz CT molecular complexity index is 559. The van der Waals surface area contributed by atoms with Gasteiger partial charge in [-0.15, -0.1) is 0 Å². The number of aromatic nitrogens is 2. The van der Waals surface area contributed by atoms with Crippen LogP contribution in [0.4, 0.5) is 11.6 Å². The lowest BCUT2D eigenvalue weighted by molar-refractivity contribution is 0.886. The molecule has 0 radical (unpaired) electrons. The highest BCUT2D eigenvalue weighted by Crippen LogP contribution is 2.19. The van der Waals surface area contributed by atoms with E-state index in [-0.39, 0.29) is 0 Å². The van der Waals surface area contributed by atoms with Crippen LogP contribution in [-0.4, -0.2) is 23.6 Å². The van der Waals surface area contributed by atoms with Crippen molar-refractivity contribution in [2.45, 2.75) is 19.9 Å². The third-order valence-electron chi connectivity index (χ3n) is 2.93. The minimum atomic E-state index is 0.700. The van der Waals surface area contributed by atoms with Gasteiger partial charge in [-0.2, -0.15) is 0 Å². The molecule has 1 aromatic heterocycles. The largest absolute Gasteiger partial charge is 0.369 e. The van der Waals surface area contributed by atoms with Gasteiger partial charge in [0.2, 0.25) is 0 Å². The van der Waals surface area contributed by atoms with Crippen LogP contribution in [0.3, 0.4) is 0 Å². The Kier molecular flexibility index (Phi) is 5.18. The molecule has 0 aliphatic heterocycles. The van der Waals surface area contributed by atoms with Gasteiger partial charge in [-0.25, -0.2) is 4.98 Å². The molecule has 0 bridgehead atoms. The molecule has 0 saturated heterocycles. The third kappa shape index (κ3) is 3.84. The smallest absolute Gasteiger partial charge is 0.149 e. The van der Waals surface area contributed by atoms with Gasteiger partial charge < -0.3 is 10.2 Å². The van der Waals surface area contributed by atoms with Crippen LogP contribution < -0.4 is 10.2 Å². The monoisotopic (exact) mass is 290 g/mol. The van der Waals surface area contributed by atoms with E-state index in [2.05, 4.69) is 22.2 Å². The van der Waals surface area contributed by atoms with Crippen molar-refractivity contribution >= 4 is 23.2 Å². The van der Waals surface area contributed by atoms with Crippen molar-refractivity contribution in [3.63, 3.8) is 0 Å². The Hall–Kier alpha value is -1.81. The fourth-order valence-corrected chi connectivity index (χ4v) is 2.04. The van der Waals surface area contributed by atoms with E-state index in [0.29, 0.717) is 6.54 Å². The van der Waals surface area contributed by atoms with E-state index < -0.39 is 0 Å². The molecule has 0 aliphatic carbocycles. The van der Waals surface area contributed by atoms with E-state index in [9.17, 15) is 0 Å². The summed E-state index contributed by atoms with van der Waals surface area (Å²) in [6.45, 7) is 3.71. The van der Waals surface area contributed by atoms with E-state index in [1.54, 1.807) is 12.4 Å². The molecule has 1 aromatic carbocycles. The predicted molar refractivity (Wildman–Crippen MR) is 84.4 cm³/mol. The molecule has 0 saturated carbocycles. The second-order valence-corrected chi connectivity index (χ2v) is 5.04. The molecule has 0 spiro atoms. The second kappa shape index (κ2) is 7.10. The van der Waals surface area contributed by atoms with Gasteiger partial charge in [-0.3, -0.25) is 4.98 Å². The molecular weight excluding hydrogens is 272 g/mol. The van der Waals surface area contributed by atoms with Crippen molar-refractivity contribution in [1.82, 2.24) is 9.97 Å². The molecule has 0 aliphatic rings. The minimum Gasteiger partial charge on any atom is -0.369 e. The summed E-state index contributed by atoms with van der Waals surface area (Å²) in [7, 11) is 1.98. The first-order chi connectivity index (χ1) is 9.70. The van der Waals surface area contributed by atoms with Gasteiger partial charge in [0.25, 0.3) is 0 Å². The Labute approximate surface area is 124 Å². The maximum Gasteiger partial charge on any atom is 0.149 e. The van der Waals surface area contributed by atoms with Crippen LogP contribution in [0.25, 0.3) is 0 Å². The number of nitrogens with zero attached hydrogens (tertiary/aromatic N) is 3. The van der Waals surface area contributed by atoms with Crippen LogP contribution in [0.15, 0.2) is 36.7 Å². The fourth-order valence-electron chi connectivity index (χ4n) is 1.84. The molecule has 2 rings (SSSR count). The van der Waals surface area contributed by atoms with E-state index >= 15 is 0 Å². The highest BCUT2D eigenvalue weighted by atomic mass is 35.5. The fraction of sp³-hybridized carbons (Fsp3) is 0.333. The summed E-state index contributed by atoms with van der Waals surface area (Å²) in [5, 5.41) is 4.01. The van der Waals surface area contributed by atoms with Crippen molar-refractivity contribution in [2.75, 3.05) is 23.8 Å². The number of hydrogen-bond acceptors (Lipinski definition) is 4. The molecule has 4 nitrogen and oxygen atoms in total. The Morgan fingerprint density at radius 1 is 1.25 bits per heavy atom. The van der Waals surface area contributed by atoms with Crippen molar-refractivity contribution in [3.05, 3.63) is 47.2 Å².